The second-order valence-corrected chi connectivity index (χ2v) is 4.21. The van der Waals surface area contributed by atoms with E-state index in [9.17, 15) is 9.59 Å². The van der Waals surface area contributed by atoms with Crippen LogP contribution in [0.2, 0.25) is 0 Å². The van der Waals surface area contributed by atoms with E-state index in [1.807, 2.05) is 6.92 Å². The Hall–Kier alpha value is -0.900. The zero-order valence-electron chi connectivity index (χ0n) is 8.34. The molecular weight excluding hydrogens is 182 g/mol. The van der Waals surface area contributed by atoms with Crippen LogP contribution in [0.5, 0.6) is 0 Å². The number of carbonyl (C=O) groups excluding carboxylic acids is 2. The van der Waals surface area contributed by atoms with E-state index in [1.54, 1.807) is 0 Å². The van der Waals surface area contributed by atoms with Gasteiger partial charge >= 0.3 is 5.97 Å². The molecule has 4 heteroatoms. The summed E-state index contributed by atoms with van der Waals surface area (Å²) in [4.78, 5) is 22.3. The van der Waals surface area contributed by atoms with Crippen molar-refractivity contribution in [2.24, 2.45) is 5.92 Å². The van der Waals surface area contributed by atoms with Crippen LogP contribution in [0, 0.1) is 5.92 Å². The van der Waals surface area contributed by atoms with Crippen molar-refractivity contribution in [2.75, 3.05) is 13.2 Å². The topological polar surface area (TPSA) is 55.4 Å². The summed E-state index contributed by atoms with van der Waals surface area (Å²) in [6.07, 6.45) is 1.93. The molecule has 0 radical (unpaired) electrons. The van der Waals surface area contributed by atoms with Crippen molar-refractivity contribution in [1.82, 2.24) is 5.32 Å². The Morgan fingerprint density at radius 3 is 2.93 bits per heavy atom. The highest BCUT2D eigenvalue weighted by molar-refractivity contribution is 5.88. The molecule has 78 valence electrons. The van der Waals surface area contributed by atoms with Crippen LogP contribution in [0.15, 0.2) is 0 Å². The van der Waals surface area contributed by atoms with Crippen molar-refractivity contribution in [3.8, 4) is 0 Å². The number of ether oxygens (including phenoxy) is 1. The summed E-state index contributed by atoms with van der Waals surface area (Å²) in [5, 5.41) is 3.27. The molecule has 2 fully saturated rings. The fourth-order valence-corrected chi connectivity index (χ4v) is 2.35. The highest BCUT2D eigenvalue weighted by Crippen LogP contribution is 2.38. The molecule has 0 amide bonds. The molecule has 1 atom stereocenters. The van der Waals surface area contributed by atoms with Gasteiger partial charge in [0.2, 0.25) is 0 Å². The standard InChI is InChI=1S/C10H15NO3/c1-2-14-9(13)7-3-10(11-6-7)4-8(12)5-10/h7,11H,2-6H2,1H3. The molecule has 1 aliphatic heterocycles. The second-order valence-electron chi connectivity index (χ2n) is 4.21. The van der Waals surface area contributed by atoms with Crippen molar-refractivity contribution >= 4 is 11.8 Å². The van der Waals surface area contributed by atoms with Gasteiger partial charge in [-0.15, -0.1) is 0 Å². The third-order valence-electron chi connectivity index (χ3n) is 3.05. The predicted molar refractivity (Wildman–Crippen MR) is 49.7 cm³/mol. The Bertz CT molecular complexity index is 267. The maximum atomic E-state index is 11.4. The van der Waals surface area contributed by atoms with Crippen LogP contribution < -0.4 is 5.32 Å². The average Bonchev–Trinajstić information content (AvgIpc) is 2.49. The number of rotatable bonds is 2. The Kier molecular flexibility index (Phi) is 2.31. The molecule has 1 unspecified atom stereocenters. The molecule has 1 saturated carbocycles. The molecule has 4 nitrogen and oxygen atoms in total. The summed E-state index contributed by atoms with van der Waals surface area (Å²) in [6.45, 7) is 2.90. The van der Waals surface area contributed by atoms with Gasteiger partial charge in [-0.05, 0) is 13.3 Å². The minimum absolute atomic E-state index is 0.0527. The van der Waals surface area contributed by atoms with Gasteiger partial charge in [0.1, 0.15) is 5.78 Å². The summed E-state index contributed by atoms with van der Waals surface area (Å²) >= 11 is 0. The number of hydrogen-bond acceptors (Lipinski definition) is 4. The quantitative estimate of drug-likeness (QED) is 0.645. The summed E-state index contributed by atoms with van der Waals surface area (Å²) in [5.41, 5.74) is -0.0610. The second kappa shape index (κ2) is 3.35. The van der Waals surface area contributed by atoms with Gasteiger partial charge in [0.05, 0.1) is 12.5 Å². The lowest BCUT2D eigenvalue weighted by Gasteiger charge is -2.36. The number of hydrogen-bond donors (Lipinski definition) is 1. The summed E-state index contributed by atoms with van der Waals surface area (Å²) in [5.74, 6) is 0.112. The van der Waals surface area contributed by atoms with E-state index in [0.29, 0.717) is 31.8 Å². The average molecular weight is 197 g/mol. The first kappa shape index (κ1) is 9.65. The van der Waals surface area contributed by atoms with E-state index in [2.05, 4.69) is 5.32 Å². The molecule has 0 bridgehead atoms. The van der Waals surface area contributed by atoms with Gasteiger partial charge < -0.3 is 10.1 Å². The van der Waals surface area contributed by atoms with Crippen LogP contribution >= 0.6 is 0 Å². The largest absolute Gasteiger partial charge is 0.466 e. The Morgan fingerprint density at radius 1 is 1.64 bits per heavy atom. The Morgan fingerprint density at radius 2 is 2.36 bits per heavy atom. The summed E-state index contributed by atoms with van der Waals surface area (Å²) in [7, 11) is 0. The fourth-order valence-electron chi connectivity index (χ4n) is 2.35. The summed E-state index contributed by atoms with van der Waals surface area (Å²) in [6, 6.07) is 0. The predicted octanol–water partition coefficient (Wildman–Crippen LogP) is 0.261. The molecule has 0 aromatic heterocycles. The highest BCUT2D eigenvalue weighted by atomic mass is 16.5. The van der Waals surface area contributed by atoms with Crippen LogP contribution in [0.3, 0.4) is 0 Å². The van der Waals surface area contributed by atoms with E-state index < -0.39 is 0 Å². The molecule has 2 aliphatic rings. The molecule has 1 heterocycles. The Balaban J connectivity index is 1.89. The molecular formula is C10H15NO3. The fraction of sp³-hybridized carbons (Fsp3) is 0.800. The van der Waals surface area contributed by atoms with Gasteiger partial charge in [0.25, 0.3) is 0 Å². The van der Waals surface area contributed by atoms with E-state index in [0.717, 1.165) is 6.42 Å². The van der Waals surface area contributed by atoms with Gasteiger partial charge in [0.15, 0.2) is 0 Å². The van der Waals surface area contributed by atoms with E-state index in [-0.39, 0.29) is 17.4 Å². The normalized spacial score (nSPS) is 28.9. The molecule has 0 aromatic rings. The van der Waals surface area contributed by atoms with Crippen LogP contribution in [-0.4, -0.2) is 30.4 Å². The van der Waals surface area contributed by atoms with Gasteiger partial charge in [-0.25, -0.2) is 0 Å². The van der Waals surface area contributed by atoms with Crippen LogP contribution in [0.1, 0.15) is 26.2 Å². The molecule has 1 N–H and O–H groups in total. The van der Waals surface area contributed by atoms with Crippen molar-refractivity contribution in [2.45, 2.75) is 31.7 Å². The maximum Gasteiger partial charge on any atom is 0.310 e. The minimum atomic E-state index is -0.128. The van der Waals surface area contributed by atoms with Crippen molar-refractivity contribution in [3.63, 3.8) is 0 Å². The number of esters is 1. The monoisotopic (exact) mass is 197 g/mol. The van der Waals surface area contributed by atoms with Crippen LogP contribution in [-0.2, 0) is 14.3 Å². The number of carbonyl (C=O) groups is 2. The lowest BCUT2D eigenvalue weighted by Crippen LogP contribution is -2.51. The van der Waals surface area contributed by atoms with Crippen molar-refractivity contribution < 1.29 is 14.3 Å². The van der Waals surface area contributed by atoms with Crippen LogP contribution in [0.4, 0.5) is 0 Å². The molecule has 14 heavy (non-hydrogen) atoms. The number of nitrogens with one attached hydrogen (secondary N) is 1. The van der Waals surface area contributed by atoms with E-state index >= 15 is 0 Å². The van der Waals surface area contributed by atoms with Gasteiger partial charge in [0, 0.05) is 24.9 Å². The first-order valence-corrected chi connectivity index (χ1v) is 5.08. The molecule has 1 spiro atoms. The SMILES string of the molecule is CCOC(=O)C1CNC2(CC(=O)C2)C1. The van der Waals surface area contributed by atoms with Crippen molar-refractivity contribution in [3.05, 3.63) is 0 Å². The zero-order chi connectivity index (χ0) is 10.2. The number of ketones is 1. The third-order valence-corrected chi connectivity index (χ3v) is 3.05. The molecule has 2 rings (SSSR count). The highest BCUT2D eigenvalue weighted by Gasteiger charge is 2.50. The number of Topliss-reactive ketones (excluding diaryl/α,β-unsaturated/α-hetero) is 1. The molecule has 1 aliphatic carbocycles. The molecule has 0 aromatic carbocycles. The summed E-state index contributed by atoms with van der Waals surface area (Å²) < 4.78 is 4.95. The van der Waals surface area contributed by atoms with E-state index in [4.69, 9.17) is 4.74 Å². The third kappa shape index (κ3) is 1.54. The Labute approximate surface area is 83.0 Å². The first-order valence-electron chi connectivity index (χ1n) is 5.08. The lowest BCUT2D eigenvalue weighted by atomic mass is 9.73. The van der Waals surface area contributed by atoms with E-state index in [1.165, 1.54) is 0 Å². The van der Waals surface area contributed by atoms with Crippen LogP contribution in [0.25, 0.3) is 0 Å². The molecule has 1 saturated heterocycles. The van der Waals surface area contributed by atoms with Gasteiger partial charge in [-0.3, -0.25) is 9.59 Å². The smallest absolute Gasteiger partial charge is 0.310 e. The minimum Gasteiger partial charge on any atom is -0.466 e. The zero-order valence-corrected chi connectivity index (χ0v) is 8.34. The first-order chi connectivity index (χ1) is 6.65. The van der Waals surface area contributed by atoms with Crippen molar-refractivity contribution in [1.29, 1.82) is 0 Å². The lowest BCUT2D eigenvalue weighted by molar-refractivity contribution is -0.148. The maximum absolute atomic E-state index is 11.4. The van der Waals surface area contributed by atoms with Gasteiger partial charge in [-0.2, -0.15) is 0 Å². The van der Waals surface area contributed by atoms with Gasteiger partial charge in [-0.1, -0.05) is 0 Å².